The Morgan fingerprint density at radius 2 is 1.91 bits per heavy atom. The van der Waals surface area contributed by atoms with Crippen LogP contribution in [-0.2, 0) is 17.8 Å². The lowest BCUT2D eigenvalue weighted by Gasteiger charge is -2.17. The minimum Gasteiger partial charge on any atom is -0.490 e. The molecule has 0 atom stereocenters. The molecule has 0 aliphatic heterocycles. The predicted octanol–water partition coefficient (Wildman–Crippen LogP) is 3.19. The van der Waals surface area contributed by atoms with Crippen LogP contribution in [0.3, 0.4) is 0 Å². The van der Waals surface area contributed by atoms with E-state index in [0.717, 1.165) is 5.56 Å². The maximum absolute atomic E-state index is 12.0. The lowest BCUT2D eigenvalue weighted by molar-refractivity contribution is -0.116. The average molecular weight is 449 g/mol. The number of benzene rings is 2. The molecule has 3 amide bonds. The van der Waals surface area contributed by atoms with Crippen LogP contribution < -0.4 is 20.5 Å². The Morgan fingerprint density at radius 1 is 1.21 bits per heavy atom. The summed E-state index contributed by atoms with van der Waals surface area (Å²) in [5.74, 6) is -1.09. The van der Waals surface area contributed by atoms with Crippen molar-refractivity contribution < 1.29 is 29.0 Å². The van der Waals surface area contributed by atoms with Gasteiger partial charge in [0.1, 0.15) is 18.2 Å². The normalized spacial score (nSPS) is 10.6. The standard InChI is InChI=1S/C24H23N3O6/c1-3-5-18-10-16(11-19(13-25)22(28)27-24(26)31)12-20(32-4-2)21(18)33-14-15-6-8-17(9-7-15)23(29)30/h3,6-12H,1,4-5,14H2,2H3,(H,29,30)(H3,26,27,28,31)/b19-11-. The molecular formula is C24H23N3O6. The Morgan fingerprint density at radius 3 is 2.45 bits per heavy atom. The number of rotatable bonds is 10. The van der Waals surface area contributed by atoms with Gasteiger partial charge in [-0.15, -0.1) is 6.58 Å². The van der Waals surface area contributed by atoms with Gasteiger partial charge in [-0.2, -0.15) is 5.26 Å². The number of amides is 3. The summed E-state index contributed by atoms with van der Waals surface area (Å²) in [5, 5.41) is 20.2. The van der Waals surface area contributed by atoms with Crippen LogP contribution >= 0.6 is 0 Å². The van der Waals surface area contributed by atoms with Gasteiger partial charge in [0, 0.05) is 5.56 Å². The molecule has 0 heterocycles. The van der Waals surface area contributed by atoms with E-state index in [2.05, 4.69) is 6.58 Å². The van der Waals surface area contributed by atoms with Crippen molar-refractivity contribution in [3.63, 3.8) is 0 Å². The van der Waals surface area contributed by atoms with Gasteiger partial charge in [0.15, 0.2) is 11.5 Å². The molecular weight excluding hydrogens is 426 g/mol. The molecule has 170 valence electrons. The topological polar surface area (TPSA) is 152 Å². The maximum Gasteiger partial charge on any atom is 0.335 e. The van der Waals surface area contributed by atoms with Crippen molar-refractivity contribution in [2.75, 3.05) is 6.61 Å². The molecule has 0 saturated heterocycles. The number of nitrogens with zero attached hydrogens (tertiary/aromatic N) is 1. The number of primary amides is 1. The van der Waals surface area contributed by atoms with Crippen LogP contribution in [0.4, 0.5) is 4.79 Å². The van der Waals surface area contributed by atoms with Crippen molar-refractivity contribution in [1.82, 2.24) is 5.32 Å². The molecule has 0 radical (unpaired) electrons. The molecule has 9 heteroatoms. The summed E-state index contributed by atoms with van der Waals surface area (Å²) in [6, 6.07) is 10.3. The zero-order chi connectivity index (χ0) is 24.4. The molecule has 2 rings (SSSR count). The first-order valence-corrected chi connectivity index (χ1v) is 9.87. The second-order valence-corrected chi connectivity index (χ2v) is 6.71. The number of nitrogens with two attached hydrogens (primary N) is 1. The Balaban J connectivity index is 2.41. The second kappa shape index (κ2) is 11.7. The van der Waals surface area contributed by atoms with Crippen molar-refractivity contribution in [1.29, 1.82) is 5.26 Å². The summed E-state index contributed by atoms with van der Waals surface area (Å²) < 4.78 is 11.7. The Kier molecular flexibility index (Phi) is 8.76. The molecule has 2 aromatic rings. The van der Waals surface area contributed by atoms with E-state index in [1.165, 1.54) is 18.2 Å². The van der Waals surface area contributed by atoms with Gasteiger partial charge in [-0.1, -0.05) is 18.2 Å². The molecule has 0 aliphatic carbocycles. The van der Waals surface area contributed by atoms with Crippen LogP contribution in [0.2, 0.25) is 0 Å². The van der Waals surface area contributed by atoms with Gasteiger partial charge in [0.05, 0.1) is 12.2 Å². The number of carboxylic acid groups (broad SMARTS) is 1. The van der Waals surface area contributed by atoms with Crippen LogP contribution in [0.25, 0.3) is 6.08 Å². The molecule has 0 bridgehead atoms. The van der Waals surface area contributed by atoms with Crippen molar-refractivity contribution in [2.24, 2.45) is 5.73 Å². The first-order valence-electron chi connectivity index (χ1n) is 9.87. The van der Waals surface area contributed by atoms with Gasteiger partial charge >= 0.3 is 12.0 Å². The summed E-state index contributed by atoms with van der Waals surface area (Å²) in [6.45, 7) is 6.03. The Hall–Kier alpha value is -4.58. The number of imide groups is 1. The average Bonchev–Trinajstić information content (AvgIpc) is 2.77. The third-order valence-corrected chi connectivity index (χ3v) is 4.32. The van der Waals surface area contributed by atoms with Crippen LogP contribution in [0.1, 0.15) is 34.0 Å². The van der Waals surface area contributed by atoms with Gasteiger partial charge in [-0.25, -0.2) is 9.59 Å². The van der Waals surface area contributed by atoms with Gasteiger partial charge in [0.25, 0.3) is 5.91 Å². The minimum absolute atomic E-state index is 0.157. The highest BCUT2D eigenvalue weighted by Crippen LogP contribution is 2.35. The van der Waals surface area contributed by atoms with E-state index >= 15 is 0 Å². The number of nitriles is 1. The highest BCUT2D eigenvalue weighted by atomic mass is 16.5. The Labute approximate surface area is 190 Å². The number of nitrogens with one attached hydrogen (secondary N) is 1. The number of ether oxygens (including phenoxy) is 2. The van der Waals surface area contributed by atoms with E-state index in [1.54, 1.807) is 43.3 Å². The Bertz CT molecular complexity index is 1130. The van der Waals surface area contributed by atoms with Gasteiger partial charge < -0.3 is 20.3 Å². The minimum atomic E-state index is -1.07. The fraction of sp³-hybridized carbons (Fsp3) is 0.167. The van der Waals surface area contributed by atoms with E-state index in [1.807, 2.05) is 5.32 Å². The SMILES string of the molecule is C=CCc1cc(/C=C(/C#N)C(=O)NC(N)=O)cc(OCC)c1OCc1ccc(C(=O)O)cc1. The van der Waals surface area contributed by atoms with Crippen LogP contribution in [-0.4, -0.2) is 29.6 Å². The van der Waals surface area contributed by atoms with Crippen LogP contribution in [0.5, 0.6) is 11.5 Å². The third-order valence-electron chi connectivity index (χ3n) is 4.32. The van der Waals surface area contributed by atoms with Gasteiger partial charge in [0.2, 0.25) is 0 Å². The first kappa shape index (κ1) is 24.7. The molecule has 0 fully saturated rings. The number of allylic oxidation sites excluding steroid dienone is 1. The maximum atomic E-state index is 12.0. The number of carbonyl (C=O) groups excluding carboxylic acids is 2. The summed E-state index contributed by atoms with van der Waals surface area (Å²) in [4.78, 5) is 33.9. The van der Waals surface area contributed by atoms with E-state index in [-0.39, 0.29) is 17.7 Å². The molecule has 2 aromatic carbocycles. The predicted molar refractivity (Wildman–Crippen MR) is 121 cm³/mol. The highest BCUT2D eigenvalue weighted by molar-refractivity contribution is 6.08. The monoisotopic (exact) mass is 449 g/mol. The number of aromatic carboxylic acids is 1. The lowest BCUT2D eigenvalue weighted by Crippen LogP contribution is -2.35. The number of carboxylic acids is 1. The largest absolute Gasteiger partial charge is 0.490 e. The van der Waals surface area contributed by atoms with Crippen LogP contribution in [0.15, 0.2) is 54.6 Å². The van der Waals surface area contributed by atoms with Crippen molar-refractivity contribution in [3.8, 4) is 17.6 Å². The van der Waals surface area contributed by atoms with E-state index < -0.39 is 17.9 Å². The number of hydrogen-bond acceptors (Lipinski definition) is 6. The summed E-state index contributed by atoms with van der Waals surface area (Å²) >= 11 is 0. The number of carbonyl (C=O) groups is 3. The number of hydrogen-bond donors (Lipinski definition) is 3. The zero-order valence-corrected chi connectivity index (χ0v) is 18.0. The molecule has 0 spiro atoms. The van der Waals surface area contributed by atoms with Crippen molar-refractivity contribution in [3.05, 3.63) is 76.9 Å². The fourth-order valence-electron chi connectivity index (χ4n) is 2.89. The second-order valence-electron chi connectivity index (χ2n) is 6.71. The van der Waals surface area contributed by atoms with Crippen molar-refractivity contribution >= 4 is 24.0 Å². The quantitative estimate of drug-likeness (QED) is 0.286. The lowest BCUT2D eigenvalue weighted by atomic mass is 10.0. The van der Waals surface area contributed by atoms with E-state index in [4.69, 9.17) is 20.3 Å². The molecule has 4 N–H and O–H groups in total. The van der Waals surface area contributed by atoms with E-state index in [0.29, 0.717) is 35.7 Å². The third kappa shape index (κ3) is 6.97. The summed E-state index contributed by atoms with van der Waals surface area (Å²) in [7, 11) is 0. The molecule has 0 aromatic heterocycles. The summed E-state index contributed by atoms with van der Waals surface area (Å²) in [5.41, 5.74) is 6.73. The van der Waals surface area contributed by atoms with E-state index in [9.17, 15) is 19.6 Å². The molecule has 0 saturated carbocycles. The van der Waals surface area contributed by atoms with Crippen LogP contribution in [0, 0.1) is 11.3 Å². The smallest absolute Gasteiger partial charge is 0.335 e. The fourth-order valence-corrected chi connectivity index (χ4v) is 2.89. The highest BCUT2D eigenvalue weighted by Gasteiger charge is 2.16. The molecule has 0 aliphatic rings. The van der Waals surface area contributed by atoms with Gasteiger partial charge in [-0.05, 0) is 54.8 Å². The van der Waals surface area contributed by atoms with Gasteiger partial charge in [-0.3, -0.25) is 10.1 Å². The number of urea groups is 1. The summed E-state index contributed by atoms with van der Waals surface area (Å²) in [6.07, 6.45) is 3.38. The zero-order valence-electron chi connectivity index (χ0n) is 18.0. The van der Waals surface area contributed by atoms with Crippen molar-refractivity contribution in [2.45, 2.75) is 20.0 Å². The first-order chi connectivity index (χ1) is 15.8. The molecule has 0 unspecified atom stereocenters. The molecule has 33 heavy (non-hydrogen) atoms. The molecule has 9 nitrogen and oxygen atoms in total.